The van der Waals surface area contributed by atoms with Gasteiger partial charge in [-0.1, -0.05) is 44.3 Å². The van der Waals surface area contributed by atoms with E-state index >= 15 is 0 Å². The fourth-order valence-electron chi connectivity index (χ4n) is 7.35. The van der Waals surface area contributed by atoms with Crippen molar-refractivity contribution in [2.45, 2.75) is 92.7 Å². The van der Waals surface area contributed by atoms with Gasteiger partial charge in [-0.3, -0.25) is 14.4 Å². The average molecular weight is 532 g/mol. The second-order valence-electron chi connectivity index (χ2n) is 11.3. The summed E-state index contributed by atoms with van der Waals surface area (Å²) in [6.45, 7) is 9.37. The molecule has 0 aromatic rings. The topological polar surface area (TPSA) is 81.2 Å². The van der Waals surface area contributed by atoms with Crippen LogP contribution in [-0.4, -0.2) is 92.9 Å². The minimum Gasteiger partial charge on any atom is -0.396 e. The van der Waals surface area contributed by atoms with Crippen LogP contribution in [0.4, 0.5) is 0 Å². The fourth-order valence-corrected chi connectivity index (χ4v) is 9.55. The van der Waals surface area contributed by atoms with Crippen molar-refractivity contribution in [2.75, 3.05) is 33.3 Å². The normalized spacial score (nSPS) is 30.9. The molecule has 2 bridgehead atoms. The Hall–Kier alpha value is -1.80. The molecule has 3 aliphatic heterocycles. The molecule has 1 spiro atoms. The van der Waals surface area contributed by atoms with Crippen LogP contribution in [0, 0.1) is 11.8 Å². The summed E-state index contributed by atoms with van der Waals surface area (Å²) in [4.78, 5) is 47.8. The Morgan fingerprint density at radius 2 is 1.76 bits per heavy atom. The van der Waals surface area contributed by atoms with Gasteiger partial charge in [0.2, 0.25) is 17.7 Å². The number of aliphatic hydroxyl groups is 1. The first-order chi connectivity index (χ1) is 17.9. The molecule has 0 radical (unpaired) electrons. The molecule has 1 N–H and O–H groups in total. The van der Waals surface area contributed by atoms with Crippen molar-refractivity contribution in [2.24, 2.45) is 11.8 Å². The van der Waals surface area contributed by atoms with Crippen molar-refractivity contribution < 1.29 is 19.5 Å². The minimum atomic E-state index is -0.534. The second kappa shape index (κ2) is 12.4. The number of hydrogen-bond acceptors (Lipinski definition) is 5. The molecule has 4 aliphatic rings. The molecular weight excluding hydrogens is 486 g/mol. The number of amides is 3. The quantitative estimate of drug-likeness (QED) is 0.290. The summed E-state index contributed by atoms with van der Waals surface area (Å²) in [5, 5.41) is 9.23. The molecule has 3 amide bonds. The van der Waals surface area contributed by atoms with Crippen LogP contribution in [0.5, 0.6) is 0 Å². The summed E-state index contributed by atoms with van der Waals surface area (Å²) in [7, 11) is 1.78. The van der Waals surface area contributed by atoms with Gasteiger partial charge in [0.25, 0.3) is 0 Å². The van der Waals surface area contributed by atoms with Crippen molar-refractivity contribution >= 4 is 29.5 Å². The zero-order valence-electron chi connectivity index (χ0n) is 22.5. The smallest absolute Gasteiger partial charge is 0.247 e. The third-order valence-electron chi connectivity index (χ3n) is 9.03. The van der Waals surface area contributed by atoms with Crippen molar-refractivity contribution in [3.8, 4) is 0 Å². The molecule has 1 aliphatic carbocycles. The fraction of sp³-hybridized carbons (Fsp3) is 0.759. The number of aliphatic hydroxyl groups excluding tert-OH is 1. The Morgan fingerprint density at radius 1 is 1.05 bits per heavy atom. The van der Waals surface area contributed by atoms with Gasteiger partial charge in [-0.15, -0.1) is 24.9 Å². The molecule has 3 heterocycles. The largest absolute Gasteiger partial charge is 0.396 e. The lowest BCUT2D eigenvalue weighted by Gasteiger charge is -2.41. The lowest BCUT2D eigenvalue weighted by atomic mass is 9.70. The lowest BCUT2D eigenvalue weighted by molar-refractivity contribution is -0.145. The summed E-state index contributed by atoms with van der Waals surface area (Å²) in [5.74, 6) is -0.780. The number of thioether (sulfide) groups is 1. The van der Waals surface area contributed by atoms with Gasteiger partial charge in [0, 0.05) is 44.6 Å². The predicted molar refractivity (Wildman–Crippen MR) is 148 cm³/mol. The van der Waals surface area contributed by atoms with E-state index in [9.17, 15) is 14.4 Å². The Bertz CT molecular complexity index is 875. The van der Waals surface area contributed by atoms with Gasteiger partial charge in [-0.05, 0) is 38.5 Å². The van der Waals surface area contributed by atoms with E-state index in [1.54, 1.807) is 29.8 Å². The lowest BCUT2D eigenvalue weighted by Crippen LogP contribution is -2.57. The third-order valence-corrected chi connectivity index (χ3v) is 11.0. The van der Waals surface area contributed by atoms with E-state index < -0.39 is 16.7 Å². The number of carbonyl (C=O) groups excluding carboxylic acids is 3. The first kappa shape index (κ1) is 28.2. The maximum absolute atomic E-state index is 14.5. The van der Waals surface area contributed by atoms with Gasteiger partial charge < -0.3 is 19.8 Å². The first-order valence-electron chi connectivity index (χ1n) is 14.3. The first-order valence-corrected chi connectivity index (χ1v) is 15.2. The highest BCUT2D eigenvalue weighted by Crippen LogP contribution is 2.66. The Balaban J connectivity index is 1.65. The van der Waals surface area contributed by atoms with Crippen LogP contribution >= 0.6 is 11.8 Å². The van der Waals surface area contributed by atoms with E-state index in [4.69, 9.17) is 5.11 Å². The van der Waals surface area contributed by atoms with Gasteiger partial charge in [-0.25, -0.2) is 0 Å². The molecule has 2 unspecified atom stereocenters. The number of likely N-dealkylation sites (tertiary alicyclic amines) is 1. The number of fused-ring (bicyclic) bond motifs is 1. The molecule has 1 saturated carbocycles. The summed E-state index contributed by atoms with van der Waals surface area (Å²) in [6.07, 6.45) is 14.0. The van der Waals surface area contributed by atoms with E-state index in [-0.39, 0.29) is 41.5 Å². The SMILES string of the molecule is C=CCN(C)C(=O)[C@@H]1[C@@H]2CCC3(S2)C(C(=O)N(CC=C)C2CCCCC2)N(CCCCCCO)C(=O)[C@H]13. The van der Waals surface area contributed by atoms with Crippen molar-refractivity contribution in [3.63, 3.8) is 0 Å². The number of carbonyl (C=O) groups is 3. The van der Waals surface area contributed by atoms with Gasteiger partial charge in [0.15, 0.2) is 0 Å². The predicted octanol–water partition coefficient (Wildman–Crippen LogP) is 3.62. The molecule has 4 rings (SSSR count). The van der Waals surface area contributed by atoms with Crippen LogP contribution in [0.3, 0.4) is 0 Å². The zero-order valence-corrected chi connectivity index (χ0v) is 23.3. The van der Waals surface area contributed by atoms with Crippen LogP contribution in [0.25, 0.3) is 0 Å². The Kier molecular flexibility index (Phi) is 9.43. The molecule has 4 fully saturated rings. The average Bonchev–Trinajstić information content (AvgIpc) is 3.54. The van der Waals surface area contributed by atoms with Gasteiger partial charge in [0.05, 0.1) is 16.6 Å². The van der Waals surface area contributed by atoms with Crippen LogP contribution in [-0.2, 0) is 14.4 Å². The van der Waals surface area contributed by atoms with Crippen LogP contribution < -0.4 is 0 Å². The number of hydrogen-bond donors (Lipinski definition) is 1. The highest BCUT2D eigenvalue weighted by Gasteiger charge is 2.74. The highest BCUT2D eigenvalue weighted by atomic mass is 32.2. The van der Waals surface area contributed by atoms with E-state index in [2.05, 4.69) is 13.2 Å². The third kappa shape index (κ3) is 5.25. The second-order valence-corrected chi connectivity index (χ2v) is 12.9. The van der Waals surface area contributed by atoms with E-state index in [1.165, 1.54) is 6.42 Å². The van der Waals surface area contributed by atoms with E-state index in [1.807, 2.05) is 15.9 Å². The Labute approximate surface area is 226 Å². The molecule has 5 atom stereocenters. The maximum atomic E-state index is 14.5. The molecular formula is C29H45N3O4S. The van der Waals surface area contributed by atoms with Crippen LogP contribution in [0.15, 0.2) is 25.3 Å². The van der Waals surface area contributed by atoms with Crippen molar-refractivity contribution in [1.82, 2.24) is 14.7 Å². The standard InChI is InChI=1S/C29H45N3O4S/c1-4-17-30(3)26(34)23-22-15-16-29(37-22)24(23)27(35)32(19-11-6-7-12-20-33)25(29)28(36)31(18-5-2)21-13-9-8-10-14-21/h4-5,21-25,33H,1-2,6-20H2,3H3/t22-,23+,24-,25?,29?/m0/s1. The monoisotopic (exact) mass is 531 g/mol. The molecule has 37 heavy (non-hydrogen) atoms. The molecule has 8 heteroatoms. The molecule has 3 saturated heterocycles. The van der Waals surface area contributed by atoms with Crippen molar-refractivity contribution in [1.29, 1.82) is 0 Å². The number of unbranched alkanes of at least 4 members (excludes halogenated alkanes) is 3. The molecule has 0 aromatic carbocycles. The van der Waals surface area contributed by atoms with E-state index in [0.29, 0.717) is 19.6 Å². The minimum absolute atomic E-state index is 0.00329. The van der Waals surface area contributed by atoms with Gasteiger partial charge in [0.1, 0.15) is 6.04 Å². The number of rotatable bonds is 13. The Morgan fingerprint density at radius 3 is 2.43 bits per heavy atom. The molecule has 206 valence electrons. The van der Waals surface area contributed by atoms with Crippen molar-refractivity contribution in [3.05, 3.63) is 25.3 Å². The summed E-state index contributed by atoms with van der Waals surface area (Å²) >= 11 is 1.75. The number of nitrogens with zero attached hydrogens (tertiary/aromatic N) is 3. The highest BCUT2D eigenvalue weighted by molar-refractivity contribution is 8.02. The number of likely N-dealkylation sites (N-methyl/N-ethyl adjacent to an activating group) is 1. The van der Waals surface area contributed by atoms with E-state index in [0.717, 1.165) is 64.2 Å². The summed E-state index contributed by atoms with van der Waals surface area (Å²) in [5.41, 5.74) is 0. The van der Waals surface area contributed by atoms with Gasteiger partial charge in [-0.2, -0.15) is 0 Å². The van der Waals surface area contributed by atoms with Gasteiger partial charge >= 0.3 is 0 Å². The molecule has 0 aromatic heterocycles. The maximum Gasteiger partial charge on any atom is 0.247 e. The summed E-state index contributed by atoms with van der Waals surface area (Å²) in [6, 6.07) is -0.335. The zero-order chi connectivity index (χ0) is 26.6. The van der Waals surface area contributed by atoms with Crippen LogP contribution in [0.2, 0.25) is 0 Å². The molecule has 7 nitrogen and oxygen atoms in total. The van der Waals surface area contributed by atoms with Crippen LogP contribution in [0.1, 0.15) is 70.6 Å². The summed E-state index contributed by atoms with van der Waals surface area (Å²) < 4.78 is -0.534.